The number of nitrogens with one attached hydrogen (secondary N) is 1. The molecule has 0 atom stereocenters. The first-order chi connectivity index (χ1) is 12.7. The zero-order valence-electron chi connectivity index (χ0n) is 15.7. The summed E-state index contributed by atoms with van der Waals surface area (Å²) < 4.78 is 16.8. The number of carbonyl (C=O) groups excluding carboxylic acids is 1. The second-order valence-corrected chi connectivity index (χ2v) is 5.71. The van der Waals surface area contributed by atoms with Crippen LogP contribution in [-0.4, -0.2) is 25.7 Å². The maximum Gasteiger partial charge on any atom is 0.259 e. The van der Waals surface area contributed by atoms with E-state index < -0.39 is 0 Å². The maximum absolute atomic E-state index is 12.7. The molecular formula is C21H27NO4. The molecule has 0 fully saturated rings. The van der Waals surface area contributed by atoms with Crippen LogP contribution in [0.25, 0.3) is 0 Å². The predicted octanol–water partition coefficient (Wildman–Crippen LogP) is 4.92. The van der Waals surface area contributed by atoms with Gasteiger partial charge in [-0.2, -0.15) is 0 Å². The molecule has 1 amide bonds. The summed E-state index contributed by atoms with van der Waals surface area (Å²) in [4.78, 5) is 12.7. The zero-order chi connectivity index (χ0) is 18.8. The first kappa shape index (κ1) is 19.6. The topological polar surface area (TPSA) is 56.8 Å². The first-order valence-electron chi connectivity index (χ1n) is 9.11. The van der Waals surface area contributed by atoms with Crippen molar-refractivity contribution in [1.82, 2.24) is 0 Å². The molecule has 140 valence electrons. The van der Waals surface area contributed by atoms with Crippen molar-refractivity contribution in [2.24, 2.45) is 0 Å². The van der Waals surface area contributed by atoms with Crippen LogP contribution in [0.15, 0.2) is 42.5 Å². The van der Waals surface area contributed by atoms with Gasteiger partial charge in [-0.1, -0.05) is 19.4 Å². The Morgan fingerprint density at radius 3 is 2.42 bits per heavy atom. The van der Waals surface area contributed by atoms with Crippen molar-refractivity contribution in [1.29, 1.82) is 0 Å². The molecule has 1 N–H and O–H groups in total. The quantitative estimate of drug-likeness (QED) is 0.614. The molecule has 0 saturated heterocycles. The minimum absolute atomic E-state index is 0.234. The Bertz CT molecular complexity index is 715. The van der Waals surface area contributed by atoms with Gasteiger partial charge in [-0.15, -0.1) is 0 Å². The number of ether oxygens (including phenoxy) is 3. The Kier molecular flexibility index (Phi) is 7.80. The van der Waals surface area contributed by atoms with Crippen molar-refractivity contribution in [3.8, 4) is 17.2 Å². The van der Waals surface area contributed by atoms with Crippen molar-refractivity contribution in [2.45, 2.75) is 33.6 Å². The molecule has 0 bridgehead atoms. The van der Waals surface area contributed by atoms with Crippen LogP contribution >= 0.6 is 0 Å². The van der Waals surface area contributed by atoms with Gasteiger partial charge in [-0.3, -0.25) is 4.79 Å². The molecule has 26 heavy (non-hydrogen) atoms. The van der Waals surface area contributed by atoms with Gasteiger partial charge >= 0.3 is 0 Å². The largest absolute Gasteiger partial charge is 0.494 e. The fraction of sp³-hybridized carbons (Fsp3) is 0.381. The van der Waals surface area contributed by atoms with E-state index in [2.05, 4.69) is 12.2 Å². The van der Waals surface area contributed by atoms with E-state index in [1.54, 1.807) is 18.2 Å². The number of amides is 1. The van der Waals surface area contributed by atoms with Crippen molar-refractivity contribution in [3.63, 3.8) is 0 Å². The van der Waals surface area contributed by atoms with Crippen LogP contribution in [0.5, 0.6) is 17.2 Å². The third kappa shape index (κ3) is 5.69. The number of carbonyl (C=O) groups is 1. The summed E-state index contributed by atoms with van der Waals surface area (Å²) >= 11 is 0. The van der Waals surface area contributed by atoms with E-state index in [9.17, 15) is 4.79 Å². The molecule has 5 heteroatoms. The van der Waals surface area contributed by atoms with Crippen LogP contribution in [0.2, 0.25) is 0 Å². The van der Waals surface area contributed by atoms with Crippen molar-refractivity contribution in [2.75, 3.05) is 25.1 Å². The summed E-state index contributed by atoms with van der Waals surface area (Å²) in [5.41, 5.74) is 1.15. The lowest BCUT2D eigenvalue weighted by Crippen LogP contribution is -2.14. The van der Waals surface area contributed by atoms with Crippen molar-refractivity contribution in [3.05, 3.63) is 48.0 Å². The van der Waals surface area contributed by atoms with Gasteiger partial charge in [0.25, 0.3) is 5.91 Å². The highest BCUT2D eigenvalue weighted by molar-refractivity contribution is 6.06. The molecule has 0 aliphatic carbocycles. The lowest BCUT2D eigenvalue weighted by atomic mass is 10.1. The fourth-order valence-electron chi connectivity index (χ4n) is 2.42. The average molecular weight is 357 g/mol. The summed E-state index contributed by atoms with van der Waals surface area (Å²) in [6, 6.07) is 12.6. The molecule has 0 aliphatic heterocycles. The average Bonchev–Trinajstić information content (AvgIpc) is 2.63. The van der Waals surface area contributed by atoms with Crippen molar-refractivity contribution < 1.29 is 19.0 Å². The van der Waals surface area contributed by atoms with Crippen LogP contribution in [0.4, 0.5) is 5.69 Å². The molecule has 0 heterocycles. The predicted molar refractivity (Wildman–Crippen MR) is 104 cm³/mol. The summed E-state index contributed by atoms with van der Waals surface area (Å²) in [7, 11) is 0. The van der Waals surface area contributed by atoms with E-state index in [4.69, 9.17) is 14.2 Å². The molecule has 0 spiro atoms. The van der Waals surface area contributed by atoms with Crippen LogP contribution in [0.1, 0.15) is 44.0 Å². The third-order valence-corrected chi connectivity index (χ3v) is 3.67. The smallest absolute Gasteiger partial charge is 0.259 e. The molecule has 2 aromatic carbocycles. The number of rotatable bonds is 10. The molecule has 0 saturated carbocycles. The van der Waals surface area contributed by atoms with Crippen LogP contribution < -0.4 is 19.5 Å². The number of benzene rings is 2. The normalized spacial score (nSPS) is 10.3. The van der Waals surface area contributed by atoms with Crippen LogP contribution in [-0.2, 0) is 0 Å². The Morgan fingerprint density at radius 2 is 1.69 bits per heavy atom. The van der Waals surface area contributed by atoms with Gasteiger partial charge in [-0.25, -0.2) is 0 Å². The highest BCUT2D eigenvalue weighted by atomic mass is 16.5. The second-order valence-electron chi connectivity index (χ2n) is 5.71. The third-order valence-electron chi connectivity index (χ3n) is 3.67. The summed E-state index contributed by atoms with van der Waals surface area (Å²) in [6.07, 6.45) is 2.08. The molecule has 0 aromatic heterocycles. The molecule has 2 aromatic rings. The number of anilines is 1. The Labute approximate surface area is 155 Å². The van der Waals surface area contributed by atoms with Gasteiger partial charge in [0.05, 0.1) is 25.4 Å². The molecule has 5 nitrogen and oxygen atoms in total. The Morgan fingerprint density at radius 1 is 0.923 bits per heavy atom. The molecule has 2 rings (SSSR count). The van der Waals surface area contributed by atoms with Crippen LogP contribution in [0, 0.1) is 0 Å². The maximum atomic E-state index is 12.7. The Balaban J connectivity index is 2.12. The van der Waals surface area contributed by atoms with E-state index in [-0.39, 0.29) is 5.91 Å². The summed E-state index contributed by atoms with van der Waals surface area (Å²) in [5.74, 6) is 1.69. The van der Waals surface area contributed by atoms with E-state index >= 15 is 0 Å². The summed E-state index contributed by atoms with van der Waals surface area (Å²) in [5, 5.41) is 2.90. The molecule has 0 radical (unpaired) electrons. The van der Waals surface area contributed by atoms with Gasteiger partial charge in [0, 0.05) is 17.8 Å². The van der Waals surface area contributed by atoms with Gasteiger partial charge < -0.3 is 19.5 Å². The zero-order valence-corrected chi connectivity index (χ0v) is 15.7. The van der Waals surface area contributed by atoms with Gasteiger partial charge in [0.2, 0.25) is 0 Å². The minimum atomic E-state index is -0.234. The SMILES string of the molecule is CCCCOc1cccc(NC(=O)c2ccc(OCC)cc2OCC)c1. The number of hydrogen-bond acceptors (Lipinski definition) is 4. The lowest BCUT2D eigenvalue weighted by Gasteiger charge is -2.13. The minimum Gasteiger partial charge on any atom is -0.494 e. The highest BCUT2D eigenvalue weighted by Gasteiger charge is 2.14. The van der Waals surface area contributed by atoms with Gasteiger partial charge in [-0.05, 0) is 44.5 Å². The van der Waals surface area contributed by atoms with E-state index in [1.165, 1.54) is 0 Å². The molecular weight excluding hydrogens is 330 g/mol. The highest BCUT2D eigenvalue weighted by Crippen LogP contribution is 2.27. The first-order valence-corrected chi connectivity index (χ1v) is 9.11. The number of unbranched alkanes of at least 4 members (excludes halogenated alkanes) is 1. The van der Waals surface area contributed by atoms with Gasteiger partial charge in [0.15, 0.2) is 0 Å². The molecule has 0 unspecified atom stereocenters. The lowest BCUT2D eigenvalue weighted by molar-refractivity contribution is 0.102. The fourth-order valence-corrected chi connectivity index (χ4v) is 2.42. The van der Waals surface area contributed by atoms with Crippen molar-refractivity contribution >= 4 is 11.6 Å². The monoisotopic (exact) mass is 357 g/mol. The van der Waals surface area contributed by atoms with E-state index in [0.717, 1.165) is 18.6 Å². The molecule has 0 aliphatic rings. The van der Waals surface area contributed by atoms with E-state index in [1.807, 2.05) is 38.1 Å². The van der Waals surface area contributed by atoms with E-state index in [0.29, 0.717) is 42.6 Å². The summed E-state index contributed by atoms with van der Waals surface area (Å²) in [6.45, 7) is 7.61. The van der Waals surface area contributed by atoms with Crippen LogP contribution in [0.3, 0.4) is 0 Å². The number of hydrogen-bond donors (Lipinski definition) is 1. The standard InChI is InChI=1S/C21H27NO4/c1-4-7-13-26-17-10-8-9-16(14-17)22-21(23)19-12-11-18(24-5-2)15-20(19)25-6-3/h8-12,14-15H,4-7,13H2,1-3H3,(H,22,23). The Hall–Kier alpha value is -2.69. The second kappa shape index (κ2) is 10.3. The van der Waals surface area contributed by atoms with Gasteiger partial charge in [0.1, 0.15) is 17.2 Å².